The van der Waals surface area contributed by atoms with Gasteiger partial charge >= 0.3 is 0 Å². The Hall–Kier alpha value is -1.99. The van der Waals surface area contributed by atoms with E-state index in [0.717, 1.165) is 24.8 Å². The number of Topliss-reactive ketones (excluding diaryl/α,β-unsaturated/α-hetero) is 1. The number of ketones is 1. The second kappa shape index (κ2) is 8.20. The first-order valence-electron chi connectivity index (χ1n) is 5.88. The van der Waals surface area contributed by atoms with Gasteiger partial charge in [-0.2, -0.15) is 0 Å². The first kappa shape index (κ1) is 13.1. The van der Waals surface area contributed by atoms with Crippen molar-refractivity contribution in [2.75, 3.05) is 0 Å². The highest BCUT2D eigenvalue weighted by Gasteiger charge is 1.97. The van der Waals surface area contributed by atoms with Gasteiger partial charge < -0.3 is 0 Å². The predicted octanol–water partition coefficient (Wildman–Crippen LogP) is 3.00. The van der Waals surface area contributed by atoms with Crippen molar-refractivity contribution < 1.29 is 4.79 Å². The summed E-state index contributed by atoms with van der Waals surface area (Å²) >= 11 is 0. The van der Waals surface area contributed by atoms with Crippen molar-refractivity contribution in [1.82, 2.24) is 0 Å². The highest BCUT2D eigenvalue weighted by molar-refractivity contribution is 5.97. The molecule has 1 rings (SSSR count). The largest absolute Gasteiger partial charge is 0.284 e. The van der Waals surface area contributed by atoms with E-state index in [9.17, 15) is 4.79 Å². The number of carbonyl (C=O) groups excluding carboxylic acids is 1. The van der Waals surface area contributed by atoms with Crippen molar-refractivity contribution in [2.45, 2.75) is 32.6 Å². The lowest BCUT2D eigenvalue weighted by Crippen LogP contribution is -1.98. The van der Waals surface area contributed by atoms with E-state index < -0.39 is 0 Å². The van der Waals surface area contributed by atoms with Crippen LogP contribution in [0.1, 0.15) is 31.7 Å². The average molecular weight is 224 g/mol. The monoisotopic (exact) mass is 224 g/mol. The Morgan fingerprint density at radius 3 is 2.65 bits per heavy atom. The van der Waals surface area contributed by atoms with Gasteiger partial charge in [0.1, 0.15) is 0 Å². The SMILES string of the molecule is CCCCC#CC#CC(=O)Cc1ccccc1. The van der Waals surface area contributed by atoms with Crippen LogP contribution in [0.15, 0.2) is 30.3 Å². The zero-order valence-corrected chi connectivity index (χ0v) is 10.1. The fourth-order valence-electron chi connectivity index (χ4n) is 1.30. The first-order valence-corrected chi connectivity index (χ1v) is 5.88. The summed E-state index contributed by atoms with van der Waals surface area (Å²) in [6.07, 6.45) is 3.45. The van der Waals surface area contributed by atoms with Crippen LogP contribution < -0.4 is 0 Å². The molecule has 1 nitrogen and oxygen atoms in total. The lowest BCUT2D eigenvalue weighted by atomic mass is 10.1. The number of rotatable bonds is 4. The number of benzene rings is 1. The molecule has 0 saturated heterocycles. The van der Waals surface area contributed by atoms with E-state index >= 15 is 0 Å². The van der Waals surface area contributed by atoms with Gasteiger partial charge in [0.25, 0.3) is 0 Å². The van der Waals surface area contributed by atoms with Crippen LogP contribution in [0, 0.1) is 23.7 Å². The standard InChI is InChI=1S/C16H16O/c1-2-3-4-5-6-10-13-16(17)14-15-11-8-7-9-12-15/h7-9,11-12H,2-4,14H2,1H3. The van der Waals surface area contributed by atoms with Crippen LogP contribution in [0.3, 0.4) is 0 Å². The summed E-state index contributed by atoms with van der Waals surface area (Å²) in [5.74, 6) is 10.7. The van der Waals surface area contributed by atoms with Gasteiger partial charge in [-0.05, 0) is 29.7 Å². The van der Waals surface area contributed by atoms with Crippen molar-refractivity contribution >= 4 is 5.78 Å². The molecule has 0 spiro atoms. The highest BCUT2D eigenvalue weighted by Crippen LogP contribution is 1.99. The topological polar surface area (TPSA) is 17.1 Å². The lowest BCUT2D eigenvalue weighted by molar-refractivity contribution is -0.113. The summed E-state index contributed by atoms with van der Waals surface area (Å²) in [6.45, 7) is 2.12. The molecule has 0 heterocycles. The van der Waals surface area contributed by atoms with Gasteiger partial charge in [-0.3, -0.25) is 4.79 Å². The van der Waals surface area contributed by atoms with Gasteiger partial charge in [0.2, 0.25) is 5.78 Å². The van der Waals surface area contributed by atoms with E-state index in [1.165, 1.54) is 0 Å². The third-order valence-electron chi connectivity index (χ3n) is 2.22. The maximum atomic E-state index is 11.5. The summed E-state index contributed by atoms with van der Waals surface area (Å²) in [6, 6.07) is 9.61. The van der Waals surface area contributed by atoms with Crippen LogP contribution in [-0.2, 0) is 11.2 Å². The molecule has 1 aromatic rings. The number of carbonyl (C=O) groups is 1. The number of hydrogen-bond donors (Lipinski definition) is 0. The van der Waals surface area contributed by atoms with Crippen molar-refractivity contribution in [3.8, 4) is 23.7 Å². The third kappa shape index (κ3) is 6.23. The Bertz CT molecular complexity index is 463. The normalized spacial score (nSPS) is 8.53. The Morgan fingerprint density at radius 2 is 1.94 bits per heavy atom. The number of hydrogen-bond acceptors (Lipinski definition) is 1. The molecule has 0 saturated carbocycles. The zero-order chi connectivity index (χ0) is 12.3. The summed E-state index contributed by atoms with van der Waals surface area (Å²) < 4.78 is 0. The van der Waals surface area contributed by atoms with E-state index in [1.54, 1.807) is 0 Å². The molecule has 0 bridgehead atoms. The quantitative estimate of drug-likeness (QED) is 0.436. The average Bonchev–Trinajstić information content (AvgIpc) is 2.35. The van der Waals surface area contributed by atoms with Crippen LogP contribution in [0.25, 0.3) is 0 Å². The molecule has 0 radical (unpaired) electrons. The van der Waals surface area contributed by atoms with Crippen LogP contribution in [-0.4, -0.2) is 5.78 Å². The minimum Gasteiger partial charge on any atom is -0.284 e. The minimum absolute atomic E-state index is 0.0824. The van der Waals surface area contributed by atoms with Crippen LogP contribution in [0.4, 0.5) is 0 Å². The zero-order valence-electron chi connectivity index (χ0n) is 10.1. The Morgan fingerprint density at radius 1 is 1.18 bits per heavy atom. The molecule has 0 aromatic heterocycles. The maximum Gasteiger partial charge on any atom is 0.210 e. The summed E-state index contributed by atoms with van der Waals surface area (Å²) in [4.78, 5) is 11.5. The lowest BCUT2D eigenvalue weighted by Gasteiger charge is -1.93. The number of unbranched alkanes of at least 4 members (excludes halogenated alkanes) is 2. The Balaban J connectivity index is 2.39. The summed E-state index contributed by atoms with van der Waals surface area (Å²) in [5.41, 5.74) is 0.991. The van der Waals surface area contributed by atoms with E-state index in [2.05, 4.69) is 30.6 Å². The second-order valence-electron chi connectivity index (χ2n) is 3.74. The van der Waals surface area contributed by atoms with Crippen LogP contribution >= 0.6 is 0 Å². The second-order valence-corrected chi connectivity index (χ2v) is 3.74. The fourth-order valence-corrected chi connectivity index (χ4v) is 1.30. The molecule has 0 aliphatic rings. The van der Waals surface area contributed by atoms with Crippen LogP contribution in [0.5, 0.6) is 0 Å². The third-order valence-corrected chi connectivity index (χ3v) is 2.22. The molecule has 0 amide bonds. The van der Waals surface area contributed by atoms with Crippen molar-refractivity contribution in [3.05, 3.63) is 35.9 Å². The molecule has 86 valence electrons. The molecule has 0 aliphatic heterocycles. The fraction of sp³-hybridized carbons (Fsp3) is 0.312. The van der Waals surface area contributed by atoms with Crippen molar-refractivity contribution in [1.29, 1.82) is 0 Å². The van der Waals surface area contributed by atoms with E-state index in [4.69, 9.17) is 0 Å². The Labute approximate surface area is 103 Å². The smallest absolute Gasteiger partial charge is 0.210 e. The van der Waals surface area contributed by atoms with Gasteiger partial charge in [-0.25, -0.2) is 0 Å². The summed E-state index contributed by atoms with van der Waals surface area (Å²) in [7, 11) is 0. The van der Waals surface area contributed by atoms with Crippen LogP contribution in [0.2, 0.25) is 0 Å². The molecular formula is C16H16O. The van der Waals surface area contributed by atoms with Gasteiger partial charge in [-0.15, -0.1) is 0 Å². The molecule has 17 heavy (non-hydrogen) atoms. The Kier molecular flexibility index (Phi) is 6.30. The van der Waals surface area contributed by atoms with E-state index in [-0.39, 0.29) is 5.78 Å². The highest BCUT2D eigenvalue weighted by atomic mass is 16.1. The van der Waals surface area contributed by atoms with Crippen molar-refractivity contribution in [3.63, 3.8) is 0 Å². The minimum atomic E-state index is -0.0824. The molecule has 1 heteroatoms. The van der Waals surface area contributed by atoms with Gasteiger partial charge in [0, 0.05) is 12.8 Å². The molecule has 0 unspecified atom stereocenters. The first-order chi connectivity index (χ1) is 8.33. The van der Waals surface area contributed by atoms with Gasteiger partial charge in [-0.1, -0.05) is 49.6 Å². The molecule has 0 N–H and O–H groups in total. The van der Waals surface area contributed by atoms with Crippen molar-refractivity contribution in [2.24, 2.45) is 0 Å². The molecule has 0 aliphatic carbocycles. The van der Waals surface area contributed by atoms with Gasteiger partial charge in [0.15, 0.2) is 0 Å². The molecule has 0 atom stereocenters. The van der Waals surface area contributed by atoms with Gasteiger partial charge in [0.05, 0.1) is 0 Å². The van der Waals surface area contributed by atoms with E-state index in [0.29, 0.717) is 6.42 Å². The predicted molar refractivity (Wildman–Crippen MR) is 70.2 cm³/mol. The molecule has 1 aromatic carbocycles. The molecular weight excluding hydrogens is 208 g/mol. The summed E-state index contributed by atoms with van der Waals surface area (Å²) in [5, 5.41) is 0. The maximum absolute atomic E-state index is 11.5. The van der Waals surface area contributed by atoms with E-state index in [1.807, 2.05) is 30.3 Å². The molecule has 0 fully saturated rings.